The molecular formula is C27H47Cl. The van der Waals surface area contributed by atoms with E-state index in [1.165, 1.54) is 50.5 Å². The largest absolute Gasteiger partial charge is 0.147 e. The van der Waals surface area contributed by atoms with Crippen LogP contribution in [-0.4, -0.2) is 0 Å². The predicted molar refractivity (Wildman–Crippen MR) is 125 cm³/mol. The van der Waals surface area contributed by atoms with Crippen molar-refractivity contribution in [2.24, 2.45) is 46.3 Å². The van der Waals surface area contributed by atoms with Crippen LogP contribution in [0.25, 0.3) is 0 Å². The molecule has 4 saturated carbocycles. The standard InChI is InChI=1S/C27H46.ClH/c1-19(2)9-8-10-20(3)23-14-15-24-22-13-12-21-11-6-7-17-26(21,4)25(22)16-18-27(23,24)5;/h20-25H,1,6-18H2,2-5H3;1H/t20-,21?,22+,23-,24+,25+,26+,27-;/m1./s1. The lowest BCUT2D eigenvalue weighted by Gasteiger charge is -2.61. The minimum Gasteiger partial charge on any atom is -0.147 e. The molecular weight excluding hydrogens is 360 g/mol. The summed E-state index contributed by atoms with van der Waals surface area (Å²) in [5.74, 6) is 6.14. The Labute approximate surface area is 182 Å². The highest BCUT2D eigenvalue weighted by Gasteiger charge is 2.59. The summed E-state index contributed by atoms with van der Waals surface area (Å²) in [6, 6.07) is 0. The summed E-state index contributed by atoms with van der Waals surface area (Å²) in [6.07, 6.45) is 19.4. The fourth-order valence-corrected chi connectivity index (χ4v) is 9.20. The van der Waals surface area contributed by atoms with E-state index >= 15 is 0 Å². The van der Waals surface area contributed by atoms with Gasteiger partial charge in [-0.15, -0.1) is 19.0 Å². The van der Waals surface area contributed by atoms with E-state index in [2.05, 4.69) is 34.3 Å². The third-order valence-electron chi connectivity index (χ3n) is 10.6. The van der Waals surface area contributed by atoms with E-state index in [0.717, 1.165) is 35.5 Å². The van der Waals surface area contributed by atoms with Crippen LogP contribution in [0.5, 0.6) is 0 Å². The molecule has 1 unspecified atom stereocenters. The molecule has 0 heterocycles. The Balaban J connectivity index is 0.00000225. The summed E-state index contributed by atoms with van der Waals surface area (Å²) in [5, 5.41) is 0. The maximum Gasteiger partial charge on any atom is -0.0264 e. The van der Waals surface area contributed by atoms with Crippen molar-refractivity contribution in [3.05, 3.63) is 12.2 Å². The van der Waals surface area contributed by atoms with Crippen LogP contribution in [0.15, 0.2) is 12.2 Å². The highest BCUT2D eigenvalue weighted by atomic mass is 35.5. The lowest BCUT2D eigenvalue weighted by atomic mass is 9.44. The predicted octanol–water partition coefficient (Wildman–Crippen LogP) is 8.84. The highest BCUT2D eigenvalue weighted by molar-refractivity contribution is 5.85. The van der Waals surface area contributed by atoms with E-state index in [4.69, 9.17) is 0 Å². The van der Waals surface area contributed by atoms with Gasteiger partial charge in [0.1, 0.15) is 0 Å². The van der Waals surface area contributed by atoms with Gasteiger partial charge in [-0.05, 0) is 117 Å². The van der Waals surface area contributed by atoms with Gasteiger partial charge in [0, 0.05) is 0 Å². The Kier molecular flexibility index (Phi) is 7.01. The van der Waals surface area contributed by atoms with Gasteiger partial charge in [-0.3, -0.25) is 0 Å². The smallest absolute Gasteiger partial charge is 0.0264 e. The van der Waals surface area contributed by atoms with Crippen molar-refractivity contribution < 1.29 is 0 Å². The van der Waals surface area contributed by atoms with Gasteiger partial charge < -0.3 is 0 Å². The third kappa shape index (κ3) is 3.74. The second-order valence-electron chi connectivity index (χ2n) is 12.0. The van der Waals surface area contributed by atoms with Crippen LogP contribution in [0, 0.1) is 46.3 Å². The van der Waals surface area contributed by atoms with Gasteiger partial charge in [0.2, 0.25) is 0 Å². The van der Waals surface area contributed by atoms with E-state index in [1.54, 1.807) is 38.5 Å². The van der Waals surface area contributed by atoms with Crippen molar-refractivity contribution in [1.29, 1.82) is 0 Å². The maximum atomic E-state index is 4.11. The average molecular weight is 407 g/mol. The van der Waals surface area contributed by atoms with E-state index in [0.29, 0.717) is 10.8 Å². The fourth-order valence-electron chi connectivity index (χ4n) is 9.20. The summed E-state index contributed by atoms with van der Waals surface area (Å²) < 4.78 is 0. The molecule has 0 radical (unpaired) electrons. The zero-order valence-electron chi connectivity index (χ0n) is 19.3. The molecule has 0 N–H and O–H groups in total. The van der Waals surface area contributed by atoms with E-state index in [1.807, 2.05) is 0 Å². The Morgan fingerprint density at radius 2 is 1.68 bits per heavy atom. The molecule has 4 aliphatic rings. The number of hydrogen-bond acceptors (Lipinski definition) is 0. The average Bonchev–Trinajstić information content (AvgIpc) is 2.98. The first-order chi connectivity index (χ1) is 12.9. The summed E-state index contributed by atoms with van der Waals surface area (Å²) in [4.78, 5) is 0. The van der Waals surface area contributed by atoms with E-state index < -0.39 is 0 Å². The molecule has 0 saturated heterocycles. The second kappa shape index (κ2) is 8.64. The normalized spacial score (nSPS) is 45.9. The first-order valence-corrected chi connectivity index (χ1v) is 12.5. The molecule has 28 heavy (non-hydrogen) atoms. The van der Waals surface area contributed by atoms with Crippen molar-refractivity contribution >= 4 is 12.4 Å². The van der Waals surface area contributed by atoms with Crippen molar-refractivity contribution in [1.82, 2.24) is 0 Å². The van der Waals surface area contributed by atoms with Gasteiger partial charge in [-0.2, -0.15) is 0 Å². The van der Waals surface area contributed by atoms with Crippen LogP contribution in [0.2, 0.25) is 0 Å². The quantitative estimate of drug-likeness (QED) is 0.400. The van der Waals surface area contributed by atoms with Gasteiger partial charge in [-0.1, -0.05) is 45.6 Å². The monoisotopic (exact) mass is 406 g/mol. The SMILES string of the molecule is C=C(C)CCC[C@@H](C)[C@H]1CC[C@H]2[C@@H]3CCC4CCCC[C@]4(C)[C@H]3CC[C@]12C.Cl. The minimum absolute atomic E-state index is 0. The van der Waals surface area contributed by atoms with Crippen molar-refractivity contribution in [3.8, 4) is 0 Å². The molecule has 4 rings (SSSR count). The van der Waals surface area contributed by atoms with Gasteiger partial charge in [-0.25, -0.2) is 0 Å². The Morgan fingerprint density at radius 3 is 2.43 bits per heavy atom. The van der Waals surface area contributed by atoms with Crippen LogP contribution in [0.4, 0.5) is 0 Å². The van der Waals surface area contributed by atoms with Gasteiger partial charge in [0.25, 0.3) is 0 Å². The lowest BCUT2D eigenvalue weighted by Crippen LogP contribution is -2.53. The van der Waals surface area contributed by atoms with Gasteiger partial charge in [0.05, 0.1) is 0 Å². The van der Waals surface area contributed by atoms with Crippen LogP contribution in [0.3, 0.4) is 0 Å². The van der Waals surface area contributed by atoms with Crippen molar-refractivity contribution in [2.45, 2.75) is 111 Å². The maximum absolute atomic E-state index is 4.11. The number of fused-ring (bicyclic) bond motifs is 5. The molecule has 0 amide bonds. The van der Waals surface area contributed by atoms with Crippen LogP contribution >= 0.6 is 12.4 Å². The number of hydrogen-bond donors (Lipinski definition) is 0. The van der Waals surface area contributed by atoms with Gasteiger partial charge >= 0.3 is 0 Å². The molecule has 0 spiro atoms. The van der Waals surface area contributed by atoms with Crippen LogP contribution < -0.4 is 0 Å². The minimum atomic E-state index is 0. The summed E-state index contributed by atoms with van der Waals surface area (Å²) in [5.41, 5.74) is 2.73. The molecule has 0 bridgehead atoms. The molecule has 0 aliphatic heterocycles. The first-order valence-electron chi connectivity index (χ1n) is 12.5. The number of rotatable bonds is 5. The molecule has 4 fully saturated rings. The van der Waals surface area contributed by atoms with Crippen LogP contribution in [-0.2, 0) is 0 Å². The summed E-state index contributed by atoms with van der Waals surface area (Å²) >= 11 is 0. The fraction of sp³-hybridized carbons (Fsp3) is 0.926. The Hall–Kier alpha value is 0.0300. The van der Waals surface area contributed by atoms with Crippen LogP contribution in [0.1, 0.15) is 111 Å². The molecule has 8 atom stereocenters. The number of allylic oxidation sites excluding steroid dienone is 1. The molecule has 1 heteroatoms. The molecule has 0 aromatic heterocycles. The Bertz CT molecular complexity index is 552. The number of halogens is 1. The Morgan fingerprint density at radius 1 is 0.929 bits per heavy atom. The molecule has 0 nitrogen and oxygen atoms in total. The van der Waals surface area contributed by atoms with Gasteiger partial charge in [0.15, 0.2) is 0 Å². The third-order valence-corrected chi connectivity index (χ3v) is 10.6. The second-order valence-corrected chi connectivity index (χ2v) is 12.0. The molecule has 0 aromatic rings. The lowest BCUT2D eigenvalue weighted by molar-refractivity contribution is -0.114. The highest BCUT2D eigenvalue weighted by Crippen LogP contribution is 2.68. The zero-order chi connectivity index (χ0) is 19.2. The molecule has 4 aliphatic carbocycles. The summed E-state index contributed by atoms with van der Waals surface area (Å²) in [6.45, 7) is 14.4. The van der Waals surface area contributed by atoms with E-state index in [-0.39, 0.29) is 12.4 Å². The van der Waals surface area contributed by atoms with Crippen molar-refractivity contribution in [2.75, 3.05) is 0 Å². The first kappa shape index (κ1) is 22.7. The molecule has 0 aromatic carbocycles. The topological polar surface area (TPSA) is 0 Å². The van der Waals surface area contributed by atoms with Crippen molar-refractivity contribution in [3.63, 3.8) is 0 Å². The zero-order valence-corrected chi connectivity index (χ0v) is 20.1. The van der Waals surface area contributed by atoms with E-state index in [9.17, 15) is 0 Å². The molecule has 162 valence electrons. The summed E-state index contributed by atoms with van der Waals surface area (Å²) in [7, 11) is 0.